The van der Waals surface area contributed by atoms with E-state index in [2.05, 4.69) is 129 Å². The Morgan fingerprint density at radius 3 is 1.22 bits per heavy atom. The molecule has 526 valence electrons. The highest BCUT2D eigenvalue weighted by Gasteiger charge is 2.53. The lowest BCUT2D eigenvalue weighted by Gasteiger charge is -2.48. The number of carbonyl (C=O) groups is 1. The van der Waals surface area contributed by atoms with Gasteiger partial charge >= 0.3 is 0 Å². The standard InChI is InChI=1S/C73H121NO18/c1-3-5-7-9-11-13-15-17-19-21-22-23-24-25-26-27-28-29-30-31-32-33-34-35-37-39-41-43-45-47-49-51-61(79)74-56(57(78)50-48-46-44-42-40-38-36-20-18-16-14-12-10-8-6-4-2)55-87-71-67(85)64(82)69(59(53-76)89-71)92-73-68(86)65(83)70(60(54-77)90-73)91-72-66(84)63(81)62(80)58(52-75)88-72/h5,7,11,13,17,19,22-23,25-26,28-29,31-32,34-35,40,42,48,50,56-60,62-73,75-78,80-86H,3-4,6,8-10,12,14-16,18,20-21,24,27,30,33,36-39,41,43-47,49,51-55H2,1-2H3,(H,74,79)/b7-5-,13-11-,19-17-,23-22-,26-25-,29-28-,32-31-,35-34-,42-40+,50-48+. The van der Waals surface area contributed by atoms with Crippen molar-refractivity contribution >= 4 is 5.91 Å². The van der Waals surface area contributed by atoms with Crippen molar-refractivity contribution < 1.29 is 89.4 Å². The first kappa shape index (κ1) is 82.4. The van der Waals surface area contributed by atoms with E-state index in [1.807, 2.05) is 6.08 Å². The Morgan fingerprint density at radius 1 is 0.402 bits per heavy atom. The molecule has 3 fully saturated rings. The Morgan fingerprint density at radius 2 is 0.761 bits per heavy atom. The van der Waals surface area contributed by atoms with Crippen LogP contribution in [-0.2, 0) is 33.2 Å². The van der Waals surface area contributed by atoms with Gasteiger partial charge in [0.2, 0.25) is 5.91 Å². The van der Waals surface area contributed by atoms with Gasteiger partial charge in [-0.15, -0.1) is 0 Å². The summed E-state index contributed by atoms with van der Waals surface area (Å²) in [6.07, 6.45) is 46.0. The molecule has 17 unspecified atom stereocenters. The highest BCUT2D eigenvalue weighted by molar-refractivity contribution is 5.76. The fraction of sp³-hybridized carbons (Fsp3) is 0.712. The number of hydrogen-bond donors (Lipinski definition) is 12. The molecule has 0 saturated carbocycles. The molecule has 1 amide bonds. The molecule has 3 heterocycles. The average molecular weight is 1300 g/mol. The molecule has 0 radical (unpaired) electrons. The molecule has 19 heteroatoms. The van der Waals surface area contributed by atoms with Crippen LogP contribution in [-0.4, -0.2) is 193 Å². The summed E-state index contributed by atoms with van der Waals surface area (Å²) in [7, 11) is 0. The van der Waals surface area contributed by atoms with E-state index in [0.717, 1.165) is 109 Å². The van der Waals surface area contributed by atoms with Crippen molar-refractivity contribution in [1.29, 1.82) is 0 Å². The van der Waals surface area contributed by atoms with Gasteiger partial charge in [-0.2, -0.15) is 0 Å². The quantitative estimate of drug-likeness (QED) is 0.0199. The van der Waals surface area contributed by atoms with Crippen molar-refractivity contribution in [3.63, 3.8) is 0 Å². The van der Waals surface area contributed by atoms with E-state index in [1.54, 1.807) is 6.08 Å². The maximum atomic E-state index is 13.4. The molecule has 0 aromatic carbocycles. The minimum absolute atomic E-state index is 0.210. The summed E-state index contributed by atoms with van der Waals surface area (Å²) in [6, 6.07) is -1.01. The number of hydrogen-bond acceptors (Lipinski definition) is 18. The molecule has 0 aliphatic carbocycles. The molecular formula is C73H121NO18. The molecule has 3 aliphatic rings. The molecule has 0 aromatic rings. The number of amides is 1. The topological polar surface area (TPSA) is 307 Å². The van der Waals surface area contributed by atoms with Gasteiger partial charge < -0.3 is 89.9 Å². The minimum Gasteiger partial charge on any atom is -0.394 e. The Hall–Kier alpha value is -3.81. The molecule has 3 aliphatic heterocycles. The van der Waals surface area contributed by atoms with E-state index in [9.17, 15) is 61.0 Å². The van der Waals surface area contributed by atoms with Gasteiger partial charge in [0.15, 0.2) is 18.9 Å². The number of rotatable bonds is 51. The fourth-order valence-electron chi connectivity index (χ4n) is 10.9. The molecule has 17 atom stereocenters. The second kappa shape index (κ2) is 53.3. The van der Waals surface area contributed by atoms with Gasteiger partial charge in [-0.1, -0.05) is 219 Å². The number of allylic oxidation sites excluding steroid dienone is 19. The molecule has 3 saturated heterocycles. The van der Waals surface area contributed by atoms with E-state index in [-0.39, 0.29) is 18.9 Å². The average Bonchev–Trinajstić information content (AvgIpc) is 0.834. The maximum Gasteiger partial charge on any atom is 0.220 e. The molecule has 0 spiro atoms. The highest BCUT2D eigenvalue weighted by atomic mass is 16.8. The molecule has 92 heavy (non-hydrogen) atoms. The summed E-state index contributed by atoms with van der Waals surface area (Å²) in [4.78, 5) is 13.4. The van der Waals surface area contributed by atoms with Crippen molar-refractivity contribution in [3.05, 3.63) is 122 Å². The largest absolute Gasteiger partial charge is 0.394 e. The second-order valence-electron chi connectivity index (χ2n) is 24.2. The van der Waals surface area contributed by atoms with Crippen molar-refractivity contribution in [1.82, 2.24) is 5.32 Å². The zero-order valence-electron chi connectivity index (χ0n) is 55.5. The van der Waals surface area contributed by atoms with Gasteiger partial charge in [0.1, 0.15) is 73.2 Å². The third kappa shape index (κ3) is 34.7. The van der Waals surface area contributed by atoms with Crippen LogP contribution in [0.2, 0.25) is 0 Å². The first-order chi connectivity index (χ1) is 44.8. The van der Waals surface area contributed by atoms with Crippen molar-refractivity contribution in [2.24, 2.45) is 0 Å². The lowest BCUT2D eigenvalue weighted by atomic mass is 9.96. The molecule has 0 bridgehead atoms. The first-order valence-electron chi connectivity index (χ1n) is 34.8. The van der Waals surface area contributed by atoms with Crippen LogP contribution in [0.3, 0.4) is 0 Å². The van der Waals surface area contributed by atoms with Crippen LogP contribution in [0.4, 0.5) is 0 Å². The third-order valence-electron chi connectivity index (χ3n) is 16.5. The van der Waals surface area contributed by atoms with Crippen LogP contribution in [0.25, 0.3) is 0 Å². The van der Waals surface area contributed by atoms with Crippen LogP contribution in [0.1, 0.15) is 200 Å². The van der Waals surface area contributed by atoms with Gasteiger partial charge in [0.25, 0.3) is 0 Å². The summed E-state index contributed by atoms with van der Waals surface area (Å²) in [5, 5.41) is 120. The smallest absolute Gasteiger partial charge is 0.220 e. The van der Waals surface area contributed by atoms with Gasteiger partial charge in [-0.25, -0.2) is 0 Å². The minimum atomic E-state index is -1.99. The number of aliphatic hydroxyl groups is 11. The Balaban J connectivity index is 1.43. The van der Waals surface area contributed by atoms with Crippen LogP contribution < -0.4 is 5.32 Å². The summed E-state index contributed by atoms with van der Waals surface area (Å²) in [5.41, 5.74) is 0. The van der Waals surface area contributed by atoms with E-state index in [0.29, 0.717) is 12.8 Å². The molecule has 3 rings (SSSR count). The number of aliphatic hydroxyl groups excluding tert-OH is 11. The Labute approximate surface area is 550 Å². The lowest BCUT2D eigenvalue weighted by Crippen LogP contribution is -2.66. The number of unbranched alkanes of at least 4 members (excludes halogenated alkanes) is 17. The molecule has 19 nitrogen and oxygen atoms in total. The van der Waals surface area contributed by atoms with Crippen LogP contribution in [0, 0.1) is 0 Å². The normalized spacial score (nSPS) is 28.5. The SMILES string of the molecule is CC/C=C\C/C=C\C/C=C\C/C=C\C/C=C\C/C=C\C/C=C\C/C=C\CCCCCCCCC(=O)NC(COC1OC(CO)C(OC2OC(CO)C(OC3OC(CO)C(O)C(O)C3O)C(O)C2O)C(O)C1O)C(O)/C=C/CC/C=C/CCCCCCCCCCCC. The molecule has 12 N–H and O–H groups in total. The second-order valence-corrected chi connectivity index (χ2v) is 24.2. The van der Waals surface area contributed by atoms with Crippen LogP contribution >= 0.6 is 0 Å². The van der Waals surface area contributed by atoms with Crippen molar-refractivity contribution in [2.75, 3.05) is 26.4 Å². The zero-order chi connectivity index (χ0) is 66.8. The maximum absolute atomic E-state index is 13.4. The summed E-state index contributed by atoms with van der Waals surface area (Å²) < 4.78 is 34.3. The van der Waals surface area contributed by atoms with Gasteiger partial charge in [-0.3, -0.25) is 4.79 Å². The number of carbonyl (C=O) groups excluding carboxylic acids is 1. The Bertz CT molecular complexity index is 2140. The predicted molar refractivity (Wildman–Crippen MR) is 360 cm³/mol. The number of nitrogens with one attached hydrogen (secondary N) is 1. The Kier molecular flexibility index (Phi) is 47.8. The zero-order valence-corrected chi connectivity index (χ0v) is 55.5. The third-order valence-corrected chi connectivity index (χ3v) is 16.5. The lowest BCUT2D eigenvalue weighted by molar-refractivity contribution is -0.379. The summed E-state index contributed by atoms with van der Waals surface area (Å²) in [5.74, 6) is -0.306. The van der Waals surface area contributed by atoms with E-state index in [4.69, 9.17) is 28.4 Å². The first-order valence-corrected chi connectivity index (χ1v) is 34.8. The highest BCUT2D eigenvalue weighted by Crippen LogP contribution is 2.33. The van der Waals surface area contributed by atoms with E-state index >= 15 is 0 Å². The van der Waals surface area contributed by atoms with Gasteiger partial charge in [0, 0.05) is 6.42 Å². The summed E-state index contributed by atoms with van der Waals surface area (Å²) >= 11 is 0. The fourth-order valence-corrected chi connectivity index (χ4v) is 10.9. The monoisotopic (exact) mass is 1300 g/mol. The van der Waals surface area contributed by atoms with Gasteiger partial charge in [-0.05, 0) is 96.3 Å². The number of ether oxygens (including phenoxy) is 6. The van der Waals surface area contributed by atoms with Gasteiger partial charge in [0.05, 0.1) is 38.6 Å². The predicted octanol–water partition coefficient (Wildman–Crippen LogP) is 9.21. The van der Waals surface area contributed by atoms with Crippen molar-refractivity contribution in [2.45, 2.75) is 304 Å². The van der Waals surface area contributed by atoms with E-state index in [1.165, 1.54) is 57.8 Å². The molecular weight excluding hydrogens is 1180 g/mol. The molecule has 0 aromatic heterocycles. The van der Waals surface area contributed by atoms with Crippen LogP contribution in [0.5, 0.6) is 0 Å². The van der Waals surface area contributed by atoms with Crippen molar-refractivity contribution in [3.8, 4) is 0 Å². The van der Waals surface area contributed by atoms with Crippen LogP contribution in [0.15, 0.2) is 122 Å². The summed E-state index contributed by atoms with van der Waals surface area (Å²) in [6.45, 7) is 1.56. The van der Waals surface area contributed by atoms with E-state index < -0.39 is 124 Å².